The standard InChI is InChI=1S/C15H17N5S/c1-9-4-3-5-11(8-9)14-18-15(20-19-14)13-10(2)17-12(21-13)6-7-16/h3-5,8H,6-7,16H2,1-2H3,(H,18,19,20). The van der Waals surface area contributed by atoms with Crippen LogP contribution >= 0.6 is 11.3 Å². The van der Waals surface area contributed by atoms with E-state index in [0.29, 0.717) is 12.4 Å². The molecule has 0 bridgehead atoms. The van der Waals surface area contributed by atoms with Crippen LogP contribution in [0.5, 0.6) is 0 Å². The van der Waals surface area contributed by atoms with Crippen LogP contribution in [0.25, 0.3) is 22.1 Å². The molecule has 3 rings (SSSR count). The van der Waals surface area contributed by atoms with Crippen LogP contribution in [-0.2, 0) is 6.42 Å². The van der Waals surface area contributed by atoms with Crippen molar-refractivity contribution in [3.05, 3.63) is 40.5 Å². The van der Waals surface area contributed by atoms with Crippen LogP contribution in [0.1, 0.15) is 16.3 Å². The Hall–Kier alpha value is -2.05. The maximum absolute atomic E-state index is 5.58. The summed E-state index contributed by atoms with van der Waals surface area (Å²) in [7, 11) is 0. The normalized spacial score (nSPS) is 11.0. The highest BCUT2D eigenvalue weighted by Gasteiger charge is 2.14. The maximum atomic E-state index is 5.58. The smallest absolute Gasteiger partial charge is 0.181 e. The van der Waals surface area contributed by atoms with Crippen LogP contribution < -0.4 is 5.73 Å². The van der Waals surface area contributed by atoms with Gasteiger partial charge in [-0.15, -0.1) is 11.3 Å². The van der Waals surface area contributed by atoms with E-state index < -0.39 is 0 Å². The highest BCUT2D eigenvalue weighted by atomic mass is 32.1. The minimum absolute atomic E-state index is 0.608. The van der Waals surface area contributed by atoms with Crippen LogP contribution in [0.4, 0.5) is 0 Å². The first-order valence-electron chi connectivity index (χ1n) is 6.83. The van der Waals surface area contributed by atoms with Crippen molar-refractivity contribution < 1.29 is 0 Å². The first-order chi connectivity index (χ1) is 10.2. The van der Waals surface area contributed by atoms with E-state index in [1.54, 1.807) is 11.3 Å². The summed E-state index contributed by atoms with van der Waals surface area (Å²) >= 11 is 1.62. The lowest BCUT2D eigenvalue weighted by Gasteiger charge is -1.96. The van der Waals surface area contributed by atoms with Gasteiger partial charge in [-0.05, 0) is 26.5 Å². The Bertz CT molecular complexity index is 759. The topological polar surface area (TPSA) is 80.5 Å². The van der Waals surface area contributed by atoms with Crippen molar-refractivity contribution in [2.45, 2.75) is 20.3 Å². The number of hydrogen-bond acceptors (Lipinski definition) is 5. The Kier molecular flexibility index (Phi) is 3.81. The molecule has 21 heavy (non-hydrogen) atoms. The number of aromatic amines is 1. The zero-order valence-corrected chi connectivity index (χ0v) is 12.9. The second kappa shape index (κ2) is 5.75. The largest absolute Gasteiger partial charge is 0.330 e. The van der Waals surface area contributed by atoms with Gasteiger partial charge in [-0.25, -0.2) is 9.97 Å². The third kappa shape index (κ3) is 2.86. The number of aromatic nitrogens is 4. The third-order valence-electron chi connectivity index (χ3n) is 3.18. The van der Waals surface area contributed by atoms with Gasteiger partial charge in [-0.2, -0.15) is 5.10 Å². The molecule has 0 radical (unpaired) electrons. The van der Waals surface area contributed by atoms with Crippen LogP contribution in [0.15, 0.2) is 24.3 Å². The van der Waals surface area contributed by atoms with Crippen molar-refractivity contribution in [2.75, 3.05) is 6.54 Å². The summed E-state index contributed by atoms with van der Waals surface area (Å²) in [6.07, 6.45) is 0.796. The summed E-state index contributed by atoms with van der Waals surface area (Å²) in [6, 6.07) is 8.16. The second-order valence-electron chi connectivity index (χ2n) is 4.94. The highest BCUT2D eigenvalue weighted by Crippen LogP contribution is 2.29. The average molecular weight is 299 g/mol. The molecule has 3 aromatic rings. The molecule has 2 aromatic heterocycles. The number of H-pyrrole nitrogens is 1. The number of nitrogens with one attached hydrogen (secondary N) is 1. The highest BCUT2D eigenvalue weighted by molar-refractivity contribution is 7.15. The fraction of sp³-hybridized carbons (Fsp3) is 0.267. The van der Waals surface area contributed by atoms with Gasteiger partial charge in [0.25, 0.3) is 0 Å². The molecule has 0 unspecified atom stereocenters. The van der Waals surface area contributed by atoms with Gasteiger partial charge in [0, 0.05) is 12.0 Å². The molecule has 0 amide bonds. The van der Waals surface area contributed by atoms with E-state index >= 15 is 0 Å². The summed E-state index contributed by atoms with van der Waals surface area (Å²) < 4.78 is 0. The van der Waals surface area contributed by atoms with Gasteiger partial charge in [-0.3, -0.25) is 5.10 Å². The average Bonchev–Trinajstić information content (AvgIpc) is 3.06. The molecule has 108 valence electrons. The lowest BCUT2D eigenvalue weighted by atomic mass is 10.1. The predicted molar refractivity (Wildman–Crippen MR) is 85.2 cm³/mol. The van der Waals surface area contributed by atoms with E-state index in [1.807, 2.05) is 19.1 Å². The summed E-state index contributed by atoms with van der Waals surface area (Å²) in [4.78, 5) is 10.2. The molecule has 2 heterocycles. The van der Waals surface area contributed by atoms with Crippen molar-refractivity contribution in [1.82, 2.24) is 20.2 Å². The number of benzene rings is 1. The van der Waals surface area contributed by atoms with Crippen LogP contribution in [-0.4, -0.2) is 26.7 Å². The monoisotopic (exact) mass is 299 g/mol. The molecule has 0 aliphatic heterocycles. The number of nitrogens with two attached hydrogens (primary N) is 1. The van der Waals surface area contributed by atoms with Gasteiger partial charge in [0.1, 0.15) is 0 Å². The minimum atomic E-state index is 0.608. The quantitative estimate of drug-likeness (QED) is 0.776. The van der Waals surface area contributed by atoms with Crippen molar-refractivity contribution in [3.8, 4) is 22.1 Å². The minimum Gasteiger partial charge on any atom is -0.330 e. The molecule has 0 fully saturated rings. The van der Waals surface area contributed by atoms with E-state index in [9.17, 15) is 0 Å². The fourth-order valence-electron chi connectivity index (χ4n) is 2.18. The summed E-state index contributed by atoms with van der Waals surface area (Å²) in [5.41, 5.74) is 8.76. The summed E-state index contributed by atoms with van der Waals surface area (Å²) in [5, 5.41) is 8.37. The molecule has 0 atom stereocenters. The lowest BCUT2D eigenvalue weighted by molar-refractivity contribution is 0.945. The fourth-order valence-corrected chi connectivity index (χ4v) is 3.20. The molecule has 0 spiro atoms. The van der Waals surface area contributed by atoms with Gasteiger partial charge < -0.3 is 5.73 Å². The Labute approximate surface area is 127 Å². The van der Waals surface area contributed by atoms with E-state index in [-0.39, 0.29) is 0 Å². The molecular formula is C15H17N5S. The van der Waals surface area contributed by atoms with Gasteiger partial charge in [0.15, 0.2) is 11.6 Å². The number of nitrogens with zero attached hydrogens (tertiary/aromatic N) is 3. The van der Waals surface area contributed by atoms with E-state index in [4.69, 9.17) is 5.73 Å². The zero-order valence-electron chi connectivity index (χ0n) is 12.1. The molecule has 6 heteroatoms. The van der Waals surface area contributed by atoms with Gasteiger partial charge in [0.2, 0.25) is 0 Å². The van der Waals surface area contributed by atoms with Gasteiger partial charge >= 0.3 is 0 Å². The zero-order chi connectivity index (χ0) is 14.8. The van der Waals surface area contributed by atoms with Gasteiger partial charge in [0.05, 0.1) is 15.6 Å². The third-order valence-corrected chi connectivity index (χ3v) is 4.40. The number of rotatable bonds is 4. The maximum Gasteiger partial charge on any atom is 0.181 e. The first kappa shape index (κ1) is 13.9. The van der Waals surface area contributed by atoms with E-state index in [1.165, 1.54) is 5.56 Å². The Morgan fingerprint density at radius 1 is 1.24 bits per heavy atom. The van der Waals surface area contributed by atoms with Crippen LogP contribution in [0.3, 0.4) is 0 Å². The SMILES string of the molecule is Cc1cccc(-c2n[nH]c(-c3sc(CCN)nc3C)n2)c1. The van der Waals surface area contributed by atoms with Crippen molar-refractivity contribution >= 4 is 11.3 Å². The Balaban J connectivity index is 1.95. The van der Waals surface area contributed by atoms with Crippen LogP contribution in [0.2, 0.25) is 0 Å². The van der Waals surface area contributed by atoms with Crippen molar-refractivity contribution in [2.24, 2.45) is 5.73 Å². The molecule has 3 N–H and O–H groups in total. The van der Waals surface area contributed by atoms with Crippen LogP contribution in [0, 0.1) is 13.8 Å². The number of thiazole rings is 1. The molecule has 5 nitrogen and oxygen atoms in total. The predicted octanol–water partition coefficient (Wildman–Crippen LogP) is 2.71. The molecule has 0 aliphatic rings. The van der Waals surface area contributed by atoms with Crippen molar-refractivity contribution in [3.63, 3.8) is 0 Å². The molecular weight excluding hydrogens is 282 g/mol. The summed E-state index contributed by atoms with van der Waals surface area (Å²) in [5.74, 6) is 1.48. The van der Waals surface area contributed by atoms with E-state index in [0.717, 1.165) is 33.4 Å². The number of hydrogen-bond donors (Lipinski definition) is 2. The molecule has 1 aromatic carbocycles. The number of aryl methyl sites for hydroxylation is 2. The second-order valence-corrected chi connectivity index (χ2v) is 6.02. The van der Waals surface area contributed by atoms with Gasteiger partial charge in [-0.1, -0.05) is 23.8 Å². The summed E-state index contributed by atoms with van der Waals surface area (Å²) in [6.45, 7) is 4.65. The molecule has 0 aliphatic carbocycles. The van der Waals surface area contributed by atoms with Crippen molar-refractivity contribution in [1.29, 1.82) is 0 Å². The molecule has 0 saturated heterocycles. The Morgan fingerprint density at radius 2 is 2.10 bits per heavy atom. The first-order valence-corrected chi connectivity index (χ1v) is 7.65. The lowest BCUT2D eigenvalue weighted by Crippen LogP contribution is -2.01. The molecule has 0 saturated carbocycles. The van der Waals surface area contributed by atoms with E-state index in [2.05, 4.69) is 39.2 Å². The Morgan fingerprint density at radius 3 is 2.86 bits per heavy atom.